The number of hydroxylamine groups is 2. The van der Waals surface area contributed by atoms with E-state index in [1.54, 1.807) is 0 Å². The Balaban J connectivity index is 4.36. The molecule has 0 aliphatic rings. The first-order valence-electron chi connectivity index (χ1n) is 8.91. The van der Waals surface area contributed by atoms with Crippen molar-refractivity contribution in [3.05, 3.63) is 0 Å². The van der Waals surface area contributed by atoms with Crippen molar-refractivity contribution < 1.29 is 29.5 Å². The zero-order valence-corrected chi connectivity index (χ0v) is 17.3. The van der Waals surface area contributed by atoms with E-state index in [-0.39, 0.29) is 22.9 Å². The molecule has 0 aromatic heterocycles. The molecule has 0 aliphatic carbocycles. The van der Waals surface area contributed by atoms with Gasteiger partial charge in [-0.25, -0.2) is 9.59 Å². The molecule has 8 nitrogen and oxygen atoms in total. The molecular weight excluding hydrogens is 340 g/mol. The average Bonchev–Trinajstić information content (AvgIpc) is 2.45. The molecule has 4 N–H and O–H groups in total. The van der Waals surface area contributed by atoms with Gasteiger partial charge < -0.3 is 19.9 Å². The van der Waals surface area contributed by atoms with Gasteiger partial charge in [0.2, 0.25) is 0 Å². The van der Waals surface area contributed by atoms with E-state index in [2.05, 4.69) is 11.0 Å². The van der Waals surface area contributed by atoms with Gasteiger partial charge >= 0.3 is 11.9 Å². The fourth-order valence-corrected chi connectivity index (χ4v) is 2.62. The number of aliphatic hydroxyl groups is 2. The Kier molecular flexibility index (Phi) is 9.72. The van der Waals surface area contributed by atoms with Crippen molar-refractivity contribution >= 4 is 11.9 Å². The smallest absolute Gasteiger partial charge is 0.357 e. The highest BCUT2D eigenvalue weighted by Crippen LogP contribution is 2.21. The lowest BCUT2D eigenvalue weighted by atomic mass is 9.89. The monoisotopic (exact) mass is 376 g/mol. The zero-order chi connectivity index (χ0) is 20.7. The lowest BCUT2D eigenvalue weighted by Gasteiger charge is -2.25. The van der Waals surface area contributed by atoms with E-state index in [9.17, 15) is 19.8 Å². The van der Waals surface area contributed by atoms with Gasteiger partial charge in [-0.1, -0.05) is 41.5 Å². The van der Waals surface area contributed by atoms with Gasteiger partial charge in [-0.15, -0.1) is 0 Å². The van der Waals surface area contributed by atoms with Crippen LogP contribution in [0.5, 0.6) is 0 Å². The van der Waals surface area contributed by atoms with E-state index < -0.39 is 24.1 Å². The van der Waals surface area contributed by atoms with Crippen LogP contribution in [0.4, 0.5) is 0 Å². The molecule has 0 fully saturated rings. The molecule has 154 valence electrons. The summed E-state index contributed by atoms with van der Waals surface area (Å²) in [5.41, 5.74) is 5.05. The number of hydrogen-bond acceptors (Lipinski definition) is 8. The van der Waals surface area contributed by atoms with E-state index in [1.807, 2.05) is 55.4 Å². The fraction of sp³-hybridized carbons (Fsp3) is 0.889. The Morgan fingerprint density at radius 3 is 1.27 bits per heavy atom. The van der Waals surface area contributed by atoms with Crippen molar-refractivity contribution in [1.82, 2.24) is 11.0 Å². The predicted octanol–water partition coefficient (Wildman–Crippen LogP) is 1.45. The summed E-state index contributed by atoms with van der Waals surface area (Å²) in [4.78, 5) is 33.0. The second kappa shape index (κ2) is 10.2. The first-order valence-corrected chi connectivity index (χ1v) is 8.91. The lowest BCUT2D eigenvalue weighted by molar-refractivity contribution is -0.183. The van der Waals surface area contributed by atoms with Crippen LogP contribution >= 0.6 is 0 Å². The van der Waals surface area contributed by atoms with Gasteiger partial charge in [0.25, 0.3) is 0 Å². The van der Waals surface area contributed by atoms with Crippen LogP contribution < -0.4 is 11.0 Å². The summed E-state index contributed by atoms with van der Waals surface area (Å²) in [7, 11) is 0. The molecule has 0 radical (unpaired) electrons. The van der Waals surface area contributed by atoms with Crippen molar-refractivity contribution in [2.75, 3.05) is 0 Å². The summed E-state index contributed by atoms with van der Waals surface area (Å²) in [6.45, 7) is 15.9. The van der Waals surface area contributed by atoms with Crippen LogP contribution in [0, 0.1) is 10.8 Å². The highest BCUT2D eigenvalue weighted by molar-refractivity contribution is 5.84. The van der Waals surface area contributed by atoms with Crippen LogP contribution in [-0.4, -0.2) is 46.4 Å². The zero-order valence-electron chi connectivity index (χ0n) is 17.3. The largest absolute Gasteiger partial charge is 0.379 e. The lowest BCUT2D eigenvalue weighted by Crippen LogP contribution is -2.46. The molecule has 0 heterocycles. The minimum atomic E-state index is -2.04. The Morgan fingerprint density at radius 1 is 0.769 bits per heavy atom. The Labute approximate surface area is 156 Å². The fourth-order valence-electron chi connectivity index (χ4n) is 2.62. The molecule has 2 unspecified atom stereocenters. The number of rotatable bonds is 9. The van der Waals surface area contributed by atoms with Crippen LogP contribution in [0.15, 0.2) is 0 Å². The molecule has 0 rings (SSSR count). The minimum absolute atomic E-state index is 0.0240. The van der Waals surface area contributed by atoms with Gasteiger partial charge in [0.15, 0.2) is 12.2 Å². The predicted molar refractivity (Wildman–Crippen MR) is 97.5 cm³/mol. The van der Waals surface area contributed by atoms with Crippen molar-refractivity contribution in [3.63, 3.8) is 0 Å². The molecule has 0 aromatic carbocycles. The van der Waals surface area contributed by atoms with Gasteiger partial charge in [0.1, 0.15) is 0 Å². The molecule has 26 heavy (non-hydrogen) atoms. The highest BCUT2D eigenvalue weighted by atomic mass is 16.7. The van der Waals surface area contributed by atoms with E-state index in [0.717, 1.165) is 12.8 Å². The second-order valence-electron chi connectivity index (χ2n) is 9.30. The SMILES string of the molecule is C[C@@H](CC(C)(C)C)NOC(=O)C(O)C(O)C(=O)ON[C@@H](C)CC(C)(C)C. The molecule has 4 atom stereocenters. The number of nitrogens with one attached hydrogen (secondary N) is 2. The molecule has 0 amide bonds. The normalized spacial score (nSPS) is 17.2. The number of hydrogen-bond donors (Lipinski definition) is 4. The molecule has 0 aliphatic heterocycles. The Morgan fingerprint density at radius 2 is 1.04 bits per heavy atom. The summed E-state index contributed by atoms with van der Waals surface area (Å²) < 4.78 is 0. The van der Waals surface area contributed by atoms with Crippen LogP contribution in [0.25, 0.3) is 0 Å². The van der Waals surface area contributed by atoms with Crippen molar-refractivity contribution in [3.8, 4) is 0 Å². The van der Waals surface area contributed by atoms with Crippen LogP contribution in [0.2, 0.25) is 0 Å². The quantitative estimate of drug-likeness (QED) is 0.447. The van der Waals surface area contributed by atoms with Gasteiger partial charge in [-0.05, 0) is 37.5 Å². The van der Waals surface area contributed by atoms with Crippen molar-refractivity contribution in [2.45, 2.75) is 92.5 Å². The molecule has 8 heteroatoms. The third-order valence-corrected chi connectivity index (χ3v) is 3.34. The first-order chi connectivity index (χ1) is 11.6. The third-order valence-electron chi connectivity index (χ3n) is 3.34. The molecule has 0 spiro atoms. The summed E-state index contributed by atoms with van der Waals surface area (Å²) in [5.74, 6) is -2.31. The summed E-state index contributed by atoms with van der Waals surface area (Å²) in [6.07, 6.45) is -2.65. The van der Waals surface area contributed by atoms with Crippen LogP contribution in [0.1, 0.15) is 68.2 Å². The molecule has 0 aromatic rings. The Bertz CT molecular complexity index is 414. The van der Waals surface area contributed by atoms with Crippen molar-refractivity contribution in [1.29, 1.82) is 0 Å². The second-order valence-corrected chi connectivity index (χ2v) is 9.30. The maximum atomic E-state index is 11.8. The third kappa shape index (κ3) is 11.4. The molecule has 0 bridgehead atoms. The van der Waals surface area contributed by atoms with Gasteiger partial charge in [-0.2, -0.15) is 11.0 Å². The topological polar surface area (TPSA) is 117 Å². The molecule has 0 saturated heterocycles. The summed E-state index contributed by atoms with van der Waals surface area (Å²) in [6, 6.07) is -0.315. The number of aliphatic hydroxyl groups excluding tert-OH is 2. The van der Waals surface area contributed by atoms with E-state index >= 15 is 0 Å². The van der Waals surface area contributed by atoms with Crippen molar-refractivity contribution in [2.24, 2.45) is 10.8 Å². The maximum absolute atomic E-state index is 11.8. The highest BCUT2D eigenvalue weighted by Gasteiger charge is 2.34. The molecular formula is C18H36N2O6. The van der Waals surface area contributed by atoms with E-state index in [1.165, 1.54) is 0 Å². The molecule has 0 saturated carbocycles. The van der Waals surface area contributed by atoms with E-state index in [4.69, 9.17) is 9.68 Å². The van der Waals surface area contributed by atoms with E-state index in [0.29, 0.717) is 0 Å². The minimum Gasteiger partial charge on any atom is -0.379 e. The summed E-state index contributed by atoms with van der Waals surface area (Å²) >= 11 is 0. The van der Waals surface area contributed by atoms with Crippen LogP contribution in [0.3, 0.4) is 0 Å². The van der Waals surface area contributed by atoms with Gasteiger partial charge in [-0.3, -0.25) is 0 Å². The first kappa shape index (κ1) is 24.8. The Hall–Kier alpha value is -1.22. The van der Waals surface area contributed by atoms with Crippen LogP contribution in [-0.2, 0) is 19.3 Å². The number of carbonyl (C=O) groups is 2. The summed E-state index contributed by atoms with van der Waals surface area (Å²) in [5, 5.41) is 19.5. The number of carbonyl (C=O) groups excluding carboxylic acids is 2. The van der Waals surface area contributed by atoms with Gasteiger partial charge in [0.05, 0.1) is 0 Å². The standard InChI is InChI=1S/C18H36N2O6/c1-11(9-17(3,4)5)19-25-15(23)13(21)14(22)16(24)26-20-12(2)10-18(6,7)8/h11-14,19-22H,9-10H2,1-8H3/t11-,12-,13?,14?/m0/s1. The maximum Gasteiger partial charge on any atom is 0.357 e. The van der Waals surface area contributed by atoms with Gasteiger partial charge in [0, 0.05) is 12.1 Å². The average molecular weight is 376 g/mol.